The Kier molecular flexibility index (Phi) is 2.46. The lowest BCUT2D eigenvalue weighted by Crippen LogP contribution is -2.33. The molecule has 2 aliphatic rings. The number of fused-ring (bicyclic) bond motifs is 1. The van der Waals surface area contributed by atoms with E-state index in [0.717, 1.165) is 42.6 Å². The highest BCUT2D eigenvalue weighted by molar-refractivity contribution is 6.31. The summed E-state index contributed by atoms with van der Waals surface area (Å²) in [5.41, 5.74) is 1.68. The Morgan fingerprint density at radius 3 is 2.88 bits per heavy atom. The number of hydrogen-bond acceptors (Lipinski definition) is 3. The van der Waals surface area contributed by atoms with Crippen LogP contribution in [0.25, 0.3) is 0 Å². The number of rotatable bonds is 2. The molecule has 0 radical (unpaired) electrons. The van der Waals surface area contributed by atoms with Gasteiger partial charge in [0, 0.05) is 22.6 Å². The molecule has 1 aromatic carbocycles. The van der Waals surface area contributed by atoms with Gasteiger partial charge in [0.15, 0.2) is 0 Å². The number of nitrogens with zero attached hydrogens (tertiary/aromatic N) is 1. The molecule has 17 heavy (non-hydrogen) atoms. The van der Waals surface area contributed by atoms with Crippen LogP contribution in [0.5, 0.6) is 5.75 Å². The number of isocyanates is 1. The van der Waals surface area contributed by atoms with Crippen molar-refractivity contribution in [3.8, 4) is 5.75 Å². The van der Waals surface area contributed by atoms with E-state index in [1.165, 1.54) is 0 Å². The molecule has 0 unspecified atom stereocenters. The van der Waals surface area contributed by atoms with E-state index in [1.807, 2.05) is 12.1 Å². The zero-order valence-corrected chi connectivity index (χ0v) is 10.1. The summed E-state index contributed by atoms with van der Waals surface area (Å²) in [4.78, 5) is 14.7. The Balaban J connectivity index is 2.20. The Hall–Kier alpha value is -1.31. The highest BCUT2D eigenvalue weighted by Gasteiger charge is 2.43. The van der Waals surface area contributed by atoms with Crippen molar-refractivity contribution in [2.75, 3.05) is 6.61 Å². The van der Waals surface area contributed by atoms with Crippen LogP contribution in [-0.2, 0) is 16.8 Å². The van der Waals surface area contributed by atoms with Crippen LogP contribution in [0.15, 0.2) is 17.1 Å². The molecule has 0 spiro atoms. The second-order valence-corrected chi connectivity index (χ2v) is 4.99. The van der Waals surface area contributed by atoms with Crippen molar-refractivity contribution in [3.05, 3.63) is 28.3 Å². The Morgan fingerprint density at radius 2 is 2.24 bits per heavy atom. The van der Waals surface area contributed by atoms with Crippen molar-refractivity contribution < 1.29 is 9.53 Å². The van der Waals surface area contributed by atoms with E-state index in [4.69, 9.17) is 16.3 Å². The molecule has 1 fully saturated rings. The van der Waals surface area contributed by atoms with E-state index in [9.17, 15) is 4.79 Å². The van der Waals surface area contributed by atoms with Crippen LogP contribution < -0.4 is 4.74 Å². The minimum absolute atomic E-state index is 0.433. The zero-order chi connectivity index (χ0) is 11.9. The first kappa shape index (κ1) is 10.8. The molecule has 4 heteroatoms. The summed E-state index contributed by atoms with van der Waals surface area (Å²) < 4.78 is 5.54. The van der Waals surface area contributed by atoms with Gasteiger partial charge in [0.25, 0.3) is 0 Å². The molecule has 0 amide bonds. The van der Waals surface area contributed by atoms with Crippen LogP contribution in [0, 0.1) is 0 Å². The highest BCUT2D eigenvalue weighted by Crippen LogP contribution is 2.51. The summed E-state index contributed by atoms with van der Waals surface area (Å²) in [5.74, 6) is 0.886. The fourth-order valence-corrected chi connectivity index (χ4v) is 3.12. The highest BCUT2D eigenvalue weighted by atomic mass is 35.5. The van der Waals surface area contributed by atoms with Crippen molar-refractivity contribution in [1.82, 2.24) is 0 Å². The predicted molar refractivity (Wildman–Crippen MR) is 64.3 cm³/mol. The normalized spacial score (nSPS) is 19.8. The number of benzene rings is 1. The molecule has 0 N–H and O–H groups in total. The molecule has 1 aliphatic carbocycles. The first-order chi connectivity index (χ1) is 8.27. The fraction of sp³-hybridized carbons (Fsp3) is 0.462. The maximum absolute atomic E-state index is 10.6. The smallest absolute Gasteiger partial charge is 0.235 e. The molecule has 0 saturated heterocycles. The number of halogens is 1. The predicted octanol–water partition coefficient (Wildman–Crippen LogP) is 2.99. The number of ether oxygens (including phenoxy) is 1. The van der Waals surface area contributed by atoms with Crippen molar-refractivity contribution in [2.24, 2.45) is 4.99 Å². The van der Waals surface area contributed by atoms with Crippen molar-refractivity contribution in [2.45, 2.75) is 31.2 Å². The Morgan fingerprint density at radius 1 is 1.41 bits per heavy atom. The lowest BCUT2D eigenvalue weighted by atomic mass is 9.70. The third-order valence-corrected chi connectivity index (χ3v) is 4.05. The van der Waals surface area contributed by atoms with E-state index in [-0.39, 0.29) is 0 Å². The van der Waals surface area contributed by atoms with Gasteiger partial charge in [0.1, 0.15) is 11.3 Å². The first-order valence-corrected chi connectivity index (χ1v) is 6.18. The van der Waals surface area contributed by atoms with E-state index < -0.39 is 5.54 Å². The summed E-state index contributed by atoms with van der Waals surface area (Å²) in [6.45, 7) is 0.684. The van der Waals surface area contributed by atoms with E-state index >= 15 is 0 Å². The van der Waals surface area contributed by atoms with Crippen LogP contribution in [0.2, 0.25) is 5.02 Å². The van der Waals surface area contributed by atoms with Gasteiger partial charge in [0.2, 0.25) is 6.08 Å². The van der Waals surface area contributed by atoms with Crippen molar-refractivity contribution >= 4 is 17.7 Å². The Labute approximate surface area is 104 Å². The van der Waals surface area contributed by atoms with Gasteiger partial charge in [-0.2, -0.15) is 4.99 Å². The van der Waals surface area contributed by atoms with Gasteiger partial charge in [0.05, 0.1) is 6.61 Å². The van der Waals surface area contributed by atoms with Gasteiger partial charge in [-0.05, 0) is 31.4 Å². The van der Waals surface area contributed by atoms with Gasteiger partial charge in [-0.25, -0.2) is 4.79 Å². The van der Waals surface area contributed by atoms with Crippen molar-refractivity contribution in [3.63, 3.8) is 0 Å². The van der Waals surface area contributed by atoms with Gasteiger partial charge >= 0.3 is 0 Å². The largest absolute Gasteiger partial charge is 0.493 e. The molecular weight excluding hydrogens is 238 g/mol. The van der Waals surface area contributed by atoms with Crippen LogP contribution >= 0.6 is 11.6 Å². The topological polar surface area (TPSA) is 38.7 Å². The third kappa shape index (κ3) is 1.50. The van der Waals surface area contributed by atoms with Crippen LogP contribution in [0.1, 0.15) is 30.4 Å². The summed E-state index contributed by atoms with van der Waals surface area (Å²) in [6.07, 6.45) is 5.37. The summed E-state index contributed by atoms with van der Waals surface area (Å²) >= 11 is 6.30. The van der Waals surface area contributed by atoms with E-state index in [2.05, 4.69) is 4.99 Å². The van der Waals surface area contributed by atoms with Crippen LogP contribution in [0.3, 0.4) is 0 Å². The zero-order valence-electron chi connectivity index (χ0n) is 9.33. The molecule has 1 aliphatic heterocycles. The SMILES string of the molecule is O=C=NC1(c2c(Cl)ccc3c2CCO3)CCC1. The van der Waals surface area contributed by atoms with E-state index in [1.54, 1.807) is 6.08 Å². The second-order valence-electron chi connectivity index (χ2n) is 4.59. The summed E-state index contributed by atoms with van der Waals surface area (Å²) in [5, 5.41) is 0.688. The average Bonchev–Trinajstić information content (AvgIpc) is 2.72. The lowest BCUT2D eigenvalue weighted by Gasteiger charge is -2.38. The minimum atomic E-state index is -0.433. The number of carbonyl (C=O) groups excluding carboxylic acids is 1. The van der Waals surface area contributed by atoms with Gasteiger partial charge in [-0.3, -0.25) is 0 Å². The van der Waals surface area contributed by atoms with Gasteiger partial charge < -0.3 is 4.74 Å². The summed E-state index contributed by atoms with van der Waals surface area (Å²) in [6, 6.07) is 3.73. The third-order valence-electron chi connectivity index (χ3n) is 3.73. The lowest BCUT2D eigenvalue weighted by molar-refractivity contribution is 0.254. The molecule has 0 bridgehead atoms. The molecule has 0 aromatic heterocycles. The van der Waals surface area contributed by atoms with Gasteiger partial charge in [-0.1, -0.05) is 11.6 Å². The molecule has 1 aromatic rings. The summed E-state index contributed by atoms with van der Waals surface area (Å²) in [7, 11) is 0. The minimum Gasteiger partial charge on any atom is -0.493 e. The quantitative estimate of drug-likeness (QED) is 0.597. The monoisotopic (exact) mass is 249 g/mol. The average molecular weight is 250 g/mol. The molecule has 3 nitrogen and oxygen atoms in total. The molecule has 0 atom stereocenters. The molecule has 1 saturated carbocycles. The Bertz CT molecular complexity index is 516. The van der Waals surface area contributed by atoms with Gasteiger partial charge in [-0.15, -0.1) is 0 Å². The van der Waals surface area contributed by atoms with Crippen molar-refractivity contribution in [1.29, 1.82) is 0 Å². The van der Waals surface area contributed by atoms with Crippen LogP contribution in [0.4, 0.5) is 0 Å². The van der Waals surface area contributed by atoms with E-state index in [0.29, 0.717) is 11.6 Å². The molecule has 1 heterocycles. The maximum Gasteiger partial charge on any atom is 0.235 e. The molecule has 3 rings (SSSR count). The number of aliphatic imine (C=N–C) groups is 1. The molecular formula is C13H12ClNO2. The standard InChI is InChI=1S/C13H12ClNO2/c14-10-2-3-11-9(4-7-17-11)12(10)13(15-8-16)5-1-6-13/h2-3H,1,4-7H2. The number of hydrogen-bond donors (Lipinski definition) is 0. The van der Waals surface area contributed by atoms with Crippen LogP contribution in [-0.4, -0.2) is 12.7 Å². The molecule has 88 valence electrons. The first-order valence-electron chi connectivity index (χ1n) is 5.80. The second kappa shape index (κ2) is 3.86. The maximum atomic E-state index is 10.6. The fourth-order valence-electron chi connectivity index (χ4n) is 2.77.